The van der Waals surface area contributed by atoms with Crippen molar-refractivity contribution in [3.05, 3.63) is 56.7 Å². The molecule has 0 radical (unpaired) electrons. The number of rotatable bonds is 4. The molecule has 0 aromatic heterocycles. The summed E-state index contributed by atoms with van der Waals surface area (Å²) >= 11 is 6.32. The molecule has 2 aromatic carbocycles. The van der Waals surface area contributed by atoms with E-state index in [-0.39, 0.29) is 17.3 Å². The molecule has 0 atom stereocenters. The summed E-state index contributed by atoms with van der Waals surface area (Å²) in [6, 6.07) is 8.92. The summed E-state index contributed by atoms with van der Waals surface area (Å²) in [5.41, 5.74) is 0.305. The van der Waals surface area contributed by atoms with Gasteiger partial charge in [-0.05, 0) is 30.3 Å². The van der Waals surface area contributed by atoms with E-state index in [0.29, 0.717) is 14.5 Å². The first-order chi connectivity index (χ1) is 9.77. The van der Waals surface area contributed by atoms with Gasteiger partial charge in [-0.25, -0.2) is 12.8 Å². The molecular weight excluding hydrogens is 450 g/mol. The molecule has 2 aromatic rings. The number of benzene rings is 2. The van der Waals surface area contributed by atoms with Crippen molar-refractivity contribution in [1.82, 2.24) is 0 Å². The summed E-state index contributed by atoms with van der Waals surface area (Å²) in [6.07, 6.45) is 0. The van der Waals surface area contributed by atoms with Crippen LogP contribution in [-0.4, -0.2) is 8.42 Å². The molecule has 0 saturated heterocycles. The van der Waals surface area contributed by atoms with E-state index in [0.717, 1.165) is 0 Å². The number of hydrogen-bond donors (Lipinski definition) is 0. The van der Waals surface area contributed by atoms with Crippen molar-refractivity contribution in [1.29, 1.82) is 0 Å². The molecule has 0 aliphatic carbocycles. The van der Waals surface area contributed by atoms with Crippen LogP contribution < -0.4 is 4.74 Å². The zero-order valence-corrected chi connectivity index (χ0v) is 15.1. The minimum atomic E-state index is -3.96. The van der Waals surface area contributed by atoms with Gasteiger partial charge in [-0.15, -0.1) is 0 Å². The van der Waals surface area contributed by atoms with Gasteiger partial charge in [0.25, 0.3) is 9.05 Å². The van der Waals surface area contributed by atoms with Gasteiger partial charge in [-0.1, -0.05) is 37.9 Å². The van der Waals surface area contributed by atoms with Crippen molar-refractivity contribution in [2.45, 2.75) is 11.5 Å². The fourth-order valence-electron chi connectivity index (χ4n) is 1.59. The lowest BCUT2D eigenvalue weighted by molar-refractivity contribution is 0.292. The maximum absolute atomic E-state index is 13.7. The van der Waals surface area contributed by atoms with E-state index in [4.69, 9.17) is 15.4 Å². The van der Waals surface area contributed by atoms with E-state index >= 15 is 0 Å². The highest BCUT2D eigenvalue weighted by Gasteiger charge is 2.18. The Hall–Kier alpha value is -0.630. The molecule has 0 unspecified atom stereocenters. The van der Waals surface area contributed by atoms with E-state index in [1.54, 1.807) is 18.2 Å². The van der Waals surface area contributed by atoms with Crippen LogP contribution in [-0.2, 0) is 15.7 Å². The molecule has 21 heavy (non-hydrogen) atoms. The van der Waals surface area contributed by atoms with Crippen LogP contribution in [0.5, 0.6) is 5.75 Å². The maximum atomic E-state index is 13.7. The Morgan fingerprint density at radius 1 is 1.10 bits per heavy atom. The molecular formula is C13H8Br2ClFO3S. The number of ether oxygens (including phenoxy) is 1. The van der Waals surface area contributed by atoms with Crippen molar-refractivity contribution in [2.24, 2.45) is 0 Å². The Morgan fingerprint density at radius 3 is 2.33 bits per heavy atom. The maximum Gasteiger partial charge on any atom is 0.265 e. The van der Waals surface area contributed by atoms with Crippen molar-refractivity contribution >= 4 is 51.6 Å². The zero-order chi connectivity index (χ0) is 15.6. The molecule has 0 aliphatic rings. The molecule has 2 rings (SSSR count). The van der Waals surface area contributed by atoms with Gasteiger partial charge in [0.15, 0.2) is 0 Å². The Labute approximate surface area is 142 Å². The average Bonchev–Trinajstić information content (AvgIpc) is 2.38. The summed E-state index contributed by atoms with van der Waals surface area (Å²) in [7, 11) is 1.40. The van der Waals surface area contributed by atoms with Crippen LogP contribution >= 0.6 is 42.5 Å². The predicted molar refractivity (Wildman–Crippen MR) is 85.6 cm³/mol. The predicted octanol–water partition coefficient (Wildman–Crippen LogP) is 4.86. The minimum absolute atomic E-state index is 0.0653. The average molecular weight is 459 g/mol. The van der Waals surface area contributed by atoms with Crippen LogP contribution in [0, 0.1) is 5.82 Å². The number of halogens is 4. The van der Waals surface area contributed by atoms with Gasteiger partial charge in [0.2, 0.25) is 0 Å². The van der Waals surface area contributed by atoms with E-state index in [2.05, 4.69) is 31.9 Å². The van der Waals surface area contributed by atoms with E-state index in [9.17, 15) is 12.8 Å². The van der Waals surface area contributed by atoms with Crippen LogP contribution in [0.25, 0.3) is 0 Å². The summed E-state index contributed by atoms with van der Waals surface area (Å²) in [5.74, 6) is -0.382. The van der Waals surface area contributed by atoms with E-state index in [1.807, 2.05) is 0 Å². The molecule has 8 heteroatoms. The van der Waals surface area contributed by atoms with Gasteiger partial charge < -0.3 is 4.74 Å². The molecule has 0 N–H and O–H groups in total. The van der Waals surface area contributed by atoms with Crippen LogP contribution in [0.3, 0.4) is 0 Å². The Morgan fingerprint density at radius 2 is 1.71 bits per heavy atom. The second-order valence-corrected chi connectivity index (χ2v) is 8.42. The monoisotopic (exact) mass is 456 g/mol. The van der Waals surface area contributed by atoms with Crippen molar-refractivity contribution in [3.8, 4) is 5.75 Å². The normalized spacial score (nSPS) is 11.4. The molecule has 0 spiro atoms. The Kier molecular flexibility index (Phi) is 5.29. The smallest absolute Gasteiger partial charge is 0.265 e. The van der Waals surface area contributed by atoms with Gasteiger partial charge >= 0.3 is 0 Å². The first-order valence-corrected chi connectivity index (χ1v) is 9.48. The lowest BCUT2D eigenvalue weighted by atomic mass is 10.2. The van der Waals surface area contributed by atoms with E-state index in [1.165, 1.54) is 18.2 Å². The molecule has 112 valence electrons. The number of hydrogen-bond acceptors (Lipinski definition) is 3. The summed E-state index contributed by atoms with van der Waals surface area (Å²) in [5, 5.41) is 0. The SMILES string of the molecule is O=S(=O)(Cl)c1cc(Br)ccc1OCc1ccc(Br)cc1F. The van der Waals surface area contributed by atoms with Crippen molar-refractivity contribution in [2.75, 3.05) is 0 Å². The first kappa shape index (κ1) is 16.7. The van der Waals surface area contributed by atoms with Gasteiger partial charge in [0, 0.05) is 25.2 Å². The largest absolute Gasteiger partial charge is 0.487 e. The van der Waals surface area contributed by atoms with E-state index < -0.39 is 14.9 Å². The van der Waals surface area contributed by atoms with Gasteiger partial charge in [0.1, 0.15) is 23.1 Å². The topological polar surface area (TPSA) is 43.4 Å². The van der Waals surface area contributed by atoms with Crippen LogP contribution in [0.1, 0.15) is 5.56 Å². The molecule has 0 saturated carbocycles. The minimum Gasteiger partial charge on any atom is -0.487 e. The molecule has 0 fully saturated rings. The fraction of sp³-hybridized carbons (Fsp3) is 0.0769. The Balaban J connectivity index is 2.28. The second kappa shape index (κ2) is 6.64. The van der Waals surface area contributed by atoms with Crippen LogP contribution in [0.4, 0.5) is 4.39 Å². The molecule has 0 amide bonds. The molecule has 0 bridgehead atoms. The Bertz CT molecular complexity index is 781. The molecule has 0 heterocycles. The highest BCUT2D eigenvalue weighted by molar-refractivity contribution is 9.10. The lowest BCUT2D eigenvalue weighted by Gasteiger charge is -2.11. The third kappa shape index (κ3) is 4.42. The highest BCUT2D eigenvalue weighted by atomic mass is 79.9. The van der Waals surface area contributed by atoms with Crippen LogP contribution in [0.2, 0.25) is 0 Å². The van der Waals surface area contributed by atoms with Crippen LogP contribution in [0.15, 0.2) is 50.2 Å². The van der Waals surface area contributed by atoms with Gasteiger partial charge in [0.05, 0.1) is 0 Å². The third-order valence-electron chi connectivity index (χ3n) is 2.57. The highest BCUT2D eigenvalue weighted by Crippen LogP contribution is 2.30. The van der Waals surface area contributed by atoms with Gasteiger partial charge in [-0.2, -0.15) is 0 Å². The molecule has 3 nitrogen and oxygen atoms in total. The quantitative estimate of drug-likeness (QED) is 0.615. The van der Waals surface area contributed by atoms with Crippen molar-refractivity contribution < 1.29 is 17.5 Å². The first-order valence-electron chi connectivity index (χ1n) is 5.58. The van der Waals surface area contributed by atoms with Gasteiger partial charge in [-0.3, -0.25) is 0 Å². The summed E-state index contributed by atoms with van der Waals surface area (Å²) < 4.78 is 43.3. The fourth-order valence-corrected chi connectivity index (χ4v) is 3.43. The third-order valence-corrected chi connectivity index (χ3v) is 4.90. The lowest BCUT2D eigenvalue weighted by Crippen LogP contribution is -2.02. The summed E-state index contributed by atoms with van der Waals surface area (Å²) in [6.45, 7) is -0.111. The second-order valence-electron chi connectivity index (χ2n) is 4.05. The van der Waals surface area contributed by atoms with Crippen molar-refractivity contribution in [3.63, 3.8) is 0 Å². The summed E-state index contributed by atoms with van der Waals surface area (Å²) in [4.78, 5) is -0.170. The zero-order valence-electron chi connectivity index (χ0n) is 10.3. The molecule has 0 aliphatic heterocycles. The standard InChI is InChI=1S/C13H8Br2ClFO3S/c14-9-2-1-8(11(17)5-9)7-20-12-4-3-10(15)6-13(12)21(16,18)19/h1-6H,7H2.